The Labute approximate surface area is 209 Å². The second kappa shape index (κ2) is 11.7. The van der Waals surface area contributed by atoms with Gasteiger partial charge in [0.1, 0.15) is 0 Å². The Bertz CT molecular complexity index is 1210. The number of halogens is 4. The van der Waals surface area contributed by atoms with Gasteiger partial charge in [0.2, 0.25) is 5.82 Å². The highest BCUT2D eigenvalue weighted by Crippen LogP contribution is 2.36. The molecule has 0 amide bonds. The van der Waals surface area contributed by atoms with E-state index in [1.165, 1.54) is 12.1 Å². The number of hydrogen-bond acceptors (Lipinski definition) is 2. The van der Waals surface area contributed by atoms with Crippen molar-refractivity contribution >= 4 is 0 Å². The van der Waals surface area contributed by atoms with E-state index in [0.717, 1.165) is 19.3 Å². The van der Waals surface area contributed by atoms with Crippen LogP contribution in [0, 0.1) is 23.3 Å². The van der Waals surface area contributed by atoms with Crippen LogP contribution in [0.25, 0.3) is 22.3 Å². The summed E-state index contributed by atoms with van der Waals surface area (Å²) in [6.45, 7) is 4.55. The standard InChI is InChI=1S/C30H30F4O2/c1-3-5-17-35-26-16-15-24(29(33)30(26)34)20-9-7-19(8-10-20)23-13-14-25(28(32)27(23)31)21-11-12-22(6-4-2)36-18-21/h4,6-10,13-16,21-22H,3,5,11-12,17-18H2,1-2H3. The van der Waals surface area contributed by atoms with E-state index in [0.29, 0.717) is 36.3 Å². The summed E-state index contributed by atoms with van der Waals surface area (Å²) in [5.74, 6) is -4.18. The summed E-state index contributed by atoms with van der Waals surface area (Å²) in [6.07, 6.45) is 7.00. The van der Waals surface area contributed by atoms with E-state index in [1.807, 2.05) is 26.0 Å². The Hall–Kier alpha value is -3.12. The van der Waals surface area contributed by atoms with Crippen LogP contribution < -0.4 is 4.74 Å². The molecule has 0 saturated carbocycles. The Morgan fingerprint density at radius 2 is 1.47 bits per heavy atom. The van der Waals surface area contributed by atoms with Gasteiger partial charge in [-0.1, -0.05) is 61.9 Å². The minimum absolute atomic E-state index is 0.0139. The summed E-state index contributed by atoms with van der Waals surface area (Å²) in [4.78, 5) is 0. The monoisotopic (exact) mass is 498 g/mol. The molecule has 0 N–H and O–H groups in total. The SMILES string of the molecule is CC=CC1CCC(c2ccc(-c3ccc(-c4ccc(OCCCC)c(F)c4F)cc3)c(F)c2F)CO1. The van der Waals surface area contributed by atoms with Gasteiger partial charge in [0.05, 0.1) is 19.3 Å². The van der Waals surface area contributed by atoms with Gasteiger partial charge in [-0.05, 0) is 55.0 Å². The highest BCUT2D eigenvalue weighted by molar-refractivity contribution is 5.72. The molecule has 0 aromatic heterocycles. The van der Waals surface area contributed by atoms with E-state index in [-0.39, 0.29) is 28.9 Å². The van der Waals surface area contributed by atoms with Gasteiger partial charge in [-0.25, -0.2) is 13.2 Å². The van der Waals surface area contributed by atoms with Gasteiger partial charge >= 0.3 is 0 Å². The first-order valence-electron chi connectivity index (χ1n) is 12.4. The molecular weight excluding hydrogens is 468 g/mol. The van der Waals surface area contributed by atoms with Crippen LogP contribution in [0.4, 0.5) is 17.6 Å². The largest absolute Gasteiger partial charge is 0.490 e. The lowest BCUT2D eigenvalue weighted by Gasteiger charge is -2.28. The summed E-state index contributed by atoms with van der Waals surface area (Å²) in [5.41, 5.74) is 1.35. The fourth-order valence-electron chi connectivity index (χ4n) is 4.51. The molecule has 0 spiro atoms. The van der Waals surface area contributed by atoms with Gasteiger partial charge in [-0.15, -0.1) is 0 Å². The van der Waals surface area contributed by atoms with E-state index in [1.54, 1.807) is 36.4 Å². The Morgan fingerprint density at radius 3 is 2.06 bits per heavy atom. The van der Waals surface area contributed by atoms with Gasteiger partial charge in [-0.3, -0.25) is 0 Å². The van der Waals surface area contributed by atoms with Crippen molar-refractivity contribution in [2.45, 2.75) is 51.6 Å². The molecule has 36 heavy (non-hydrogen) atoms. The van der Waals surface area contributed by atoms with Gasteiger partial charge in [0.15, 0.2) is 23.2 Å². The van der Waals surface area contributed by atoms with E-state index in [2.05, 4.69) is 0 Å². The molecule has 1 saturated heterocycles. The maximum Gasteiger partial charge on any atom is 0.201 e. The molecule has 6 heteroatoms. The second-order valence-corrected chi connectivity index (χ2v) is 9.02. The summed E-state index contributed by atoms with van der Waals surface area (Å²) in [7, 11) is 0. The lowest BCUT2D eigenvalue weighted by molar-refractivity contribution is 0.0317. The number of hydrogen-bond donors (Lipinski definition) is 0. The summed E-state index contributed by atoms with van der Waals surface area (Å²) in [6, 6.07) is 12.3. The van der Waals surface area contributed by atoms with Crippen molar-refractivity contribution in [1.82, 2.24) is 0 Å². The van der Waals surface area contributed by atoms with Gasteiger partial charge < -0.3 is 9.47 Å². The Morgan fingerprint density at radius 1 is 0.833 bits per heavy atom. The summed E-state index contributed by atoms with van der Waals surface area (Å²) < 4.78 is 70.3. The van der Waals surface area contributed by atoms with Gasteiger partial charge in [0.25, 0.3) is 0 Å². The topological polar surface area (TPSA) is 18.5 Å². The molecule has 1 heterocycles. The van der Waals surface area contributed by atoms with Crippen molar-refractivity contribution in [3.63, 3.8) is 0 Å². The normalized spacial score (nSPS) is 18.1. The quantitative estimate of drug-likeness (QED) is 0.176. The average Bonchev–Trinajstić information content (AvgIpc) is 2.89. The highest BCUT2D eigenvalue weighted by atomic mass is 19.2. The molecule has 2 nitrogen and oxygen atoms in total. The molecule has 0 aliphatic carbocycles. The third-order valence-electron chi connectivity index (χ3n) is 6.58. The number of benzene rings is 3. The number of ether oxygens (including phenoxy) is 2. The third kappa shape index (κ3) is 5.49. The molecule has 0 radical (unpaired) electrons. The molecule has 2 unspecified atom stereocenters. The van der Waals surface area contributed by atoms with Crippen LogP contribution in [0.5, 0.6) is 5.75 Å². The van der Waals surface area contributed by atoms with Crippen molar-refractivity contribution in [1.29, 1.82) is 0 Å². The van der Waals surface area contributed by atoms with E-state index < -0.39 is 23.3 Å². The van der Waals surface area contributed by atoms with Crippen LogP contribution in [-0.4, -0.2) is 19.3 Å². The zero-order valence-electron chi connectivity index (χ0n) is 20.5. The van der Waals surface area contributed by atoms with Crippen molar-refractivity contribution in [3.05, 3.63) is 89.5 Å². The first-order valence-corrected chi connectivity index (χ1v) is 12.4. The van der Waals surface area contributed by atoms with Crippen LogP contribution in [0.15, 0.2) is 60.7 Å². The first kappa shape index (κ1) is 26.0. The molecule has 1 aliphatic rings. The van der Waals surface area contributed by atoms with E-state index in [4.69, 9.17) is 9.47 Å². The fraction of sp³-hybridized carbons (Fsp3) is 0.333. The van der Waals surface area contributed by atoms with E-state index in [9.17, 15) is 8.78 Å². The van der Waals surface area contributed by atoms with Crippen molar-refractivity contribution in [3.8, 4) is 28.0 Å². The smallest absolute Gasteiger partial charge is 0.201 e. The zero-order valence-corrected chi connectivity index (χ0v) is 20.5. The predicted molar refractivity (Wildman–Crippen MR) is 134 cm³/mol. The summed E-state index contributed by atoms with van der Waals surface area (Å²) in [5, 5.41) is 0. The molecule has 3 aromatic carbocycles. The first-order chi connectivity index (χ1) is 17.4. The maximum atomic E-state index is 15.1. The van der Waals surface area contributed by atoms with Crippen molar-refractivity contribution in [2.75, 3.05) is 13.2 Å². The molecule has 190 valence electrons. The van der Waals surface area contributed by atoms with Crippen molar-refractivity contribution < 1.29 is 27.0 Å². The van der Waals surface area contributed by atoms with Crippen molar-refractivity contribution in [2.24, 2.45) is 0 Å². The fourth-order valence-corrected chi connectivity index (χ4v) is 4.51. The van der Waals surface area contributed by atoms with Gasteiger partial charge in [-0.2, -0.15) is 4.39 Å². The van der Waals surface area contributed by atoms with Crippen LogP contribution in [0.2, 0.25) is 0 Å². The molecule has 1 fully saturated rings. The number of unbranched alkanes of at least 4 members (excludes halogenated alkanes) is 1. The molecule has 0 bridgehead atoms. The van der Waals surface area contributed by atoms with Crippen LogP contribution in [0.3, 0.4) is 0 Å². The van der Waals surface area contributed by atoms with Gasteiger partial charge in [0, 0.05) is 17.0 Å². The molecule has 1 aliphatic heterocycles. The Balaban J connectivity index is 1.53. The minimum Gasteiger partial charge on any atom is -0.490 e. The summed E-state index contributed by atoms with van der Waals surface area (Å²) >= 11 is 0. The van der Waals surface area contributed by atoms with Crippen LogP contribution in [0.1, 0.15) is 51.0 Å². The number of rotatable bonds is 8. The number of allylic oxidation sites excluding steroid dienone is 1. The Kier molecular flexibility index (Phi) is 8.47. The predicted octanol–water partition coefficient (Wildman–Crippen LogP) is 8.59. The maximum absolute atomic E-state index is 15.1. The molecular formula is C30H30F4O2. The van der Waals surface area contributed by atoms with Crippen LogP contribution >= 0.6 is 0 Å². The zero-order chi connectivity index (χ0) is 25.7. The lowest BCUT2D eigenvalue weighted by Crippen LogP contribution is -2.24. The third-order valence-corrected chi connectivity index (χ3v) is 6.58. The molecule has 4 rings (SSSR count). The highest BCUT2D eigenvalue weighted by Gasteiger charge is 2.26. The second-order valence-electron chi connectivity index (χ2n) is 9.02. The van der Waals surface area contributed by atoms with Crippen LogP contribution in [-0.2, 0) is 4.74 Å². The molecule has 2 atom stereocenters. The lowest BCUT2D eigenvalue weighted by atomic mass is 9.89. The molecule has 3 aromatic rings. The minimum atomic E-state index is -1.04. The average molecular weight is 499 g/mol. The van der Waals surface area contributed by atoms with E-state index >= 15 is 8.78 Å².